The summed E-state index contributed by atoms with van der Waals surface area (Å²) in [5, 5.41) is 5.33. The zero-order chi connectivity index (χ0) is 20.9. The molecule has 0 radical (unpaired) electrons. The number of nitrogens with one attached hydrogen (secondary N) is 2. The Bertz CT molecular complexity index is 1040. The van der Waals surface area contributed by atoms with Crippen LogP contribution in [0.5, 0.6) is 11.5 Å². The zero-order valence-corrected chi connectivity index (χ0v) is 16.0. The maximum Gasteiger partial charge on any atom is 0.319 e. The second kappa shape index (κ2) is 8.82. The van der Waals surface area contributed by atoms with Crippen LogP contribution in [0.25, 0.3) is 0 Å². The number of urea groups is 1. The molecular formula is C23H20F2N2O3. The number of hydrogen-bond donors (Lipinski definition) is 2. The van der Waals surface area contributed by atoms with Crippen LogP contribution < -0.4 is 20.1 Å². The molecular weight excluding hydrogens is 390 g/mol. The Labute approximate surface area is 172 Å². The van der Waals surface area contributed by atoms with E-state index >= 15 is 0 Å². The Balaban J connectivity index is 1.48. The van der Waals surface area contributed by atoms with Crippen LogP contribution in [0.2, 0.25) is 0 Å². The average molecular weight is 410 g/mol. The van der Waals surface area contributed by atoms with E-state index in [4.69, 9.17) is 9.47 Å². The van der Waals surface area contributed by atoms with Gasteiger partial charge < -0.3 is 20.1 Å². The third-order valence-corrected chi connectivity index (χ3v) is 4.76. The van der Waals surface area contributed by atoms with Crippen molar-refractivity contribution in [3.63, 3.8) is 0 Å². The molecule has 3 aromatic carbocycles. The SMILES string of the molecule is O=C(Nc1ccc(F)cc1F)N[C@H](Cc1ccccc1)Cc1ccc2c(c1)OCO2. The molecule has 0 saturated carbocycles. The highest BCUT2D eigenvalue weighted by Gasteiger charge is 2.18. The van der Waals surface area contributed by atoms with Crippen molar-refractivity contribution in [1.82, 2.24) is 5.32 Å². The van der Waals surface area contributed by atoms with Crippen LogP contribution in [0.4, 0.5) is 19.3 Å². The molecule has 1 aliphatic heterocycles. The molecule has 0 aromatic heterocycles. The van der Waals surface area contributed by atoms with E-state index in [1.54, 1.807) is 0 Å². The third kappa shape index (κ3) is 4.86. The monoisotopic (exact) mass is 410 g/mol. The van der Waals surface area contributed by atoms with Crippen molar-refractivity contribution in [2.24, 2.45) is 0 Å². The first-order chi connectivity index (χ1) is 14.6. The molecule has 4 rings (SSSR count). The number of halogens is 2. The van der Waals surface area contributed by atoms with Crippen LogP contribution in [-0.2, 0) is 12.8 Å². The van der Waals surface area contributed by atoms with Crippen LogP contribution in [0.3, 0.4) is 0 Å². The van der Waals surface area contributed by atoms with Crippen LogP contribution in [0.15, 0.2) is 66.7 Å². The highest BCUT2D eigenvalue weighted by atomic mass is 19.1. The highest BCUT2D eigenvalue weighted by molar-refractivity contribution is 5.89. The Morgan fingerprint density at radius 2 is 1.67 bits per heavy atom. The summed E-state index contributed by atoms with van der Waals surface area (Å²) < 4.78 is 37.7. The fraction of sp³-hybridized carbons (Fsp3) is 0.174. The van der Waals surface area contributed by atoms with Crippen molar-refractivity contribution in [3.8, 4) is 11.5 Å². The fourth-order valence-corrected chi connectivity index (χ4v) is 3.36. The minimum atomic E-state index is -0.833. The van der Waals surface area contributed by atoms with Gasteiger partial charge in [0.25, 0.3) is 0 Å². The molecule has 3 aromatic rings. The Morgan fingerprint density at radius 3 is 2.47 bits per heavy atom. The lowest BCUT2D eigenvalue weighted by Crippen LogP contribution is -2.40. The molecule has 30 heavy (non-hydrogen) atoms. The lowest BCUT2D eigenvalue weighted by Gasteiger charge is -2.20. The second-order valence-electron chi connectivity index (χ2n) is 7.00. The molecule has 0 unspecified atom stereocenters. The number of benzene rings is 3. The van der Waals surface area contributed by atoms with Gasteiger partial charge in [-0.1, -0.05) is 36.4 Å². The van der Waals surface area contributed by atoms with Crippen LogP contribution in [0, 0.1) is 11.6 Å². The first-order valence-corrected chi connectivity index (χ1v) is 9.52. The fourth-order valence-electron chi connectivity index (χ4n) is 3.36. The maximum absolute atomic E-state index is 13.9. The van der Waals surface area contributed by atoms with Gasteiger partial charge in [-0.2, -0.15) is 0 Å². The molecule has 154 valence electrons. The van der Waals surface area contributed by atoms with Crippen LogP contribution in [0.1, 0.15) is 11.1 Å². The van der Waals surface area contributed by atoms with E-state index in [9.17, 15) is 13.6 Å². The van der Waals surface area contributed by atoms with Gasteiger partial charge in [0.05, 0.1) is 5.69 Å². The molecule has 0 aliphatic carbocycles. The summed E-state index contributed by atoms with van der Waals surface area (Å²) >= 11 is 0. The predicted molar refractivity (Wildman–Crippen MR) is 109 cm³/mol. The normalized spacial score (nSPS) is 13.0. The van der Waals surface area contributed by atoms with Crippen molar-refractivity contribution in [1.29, 1.82) is 0 Å². The minimum absolute atomic E-state index is 0.0876. The van der Waals surface area contributed by atoms with Gasteiger partial charge in [-0.15, -0.1) is 0 Å². The first-order valence-electron chi connectivity index (χ1n) is 9.52. The molecule has 1 aliphatic rings. The van der Waals surface area contributed by atoms with Crippen molar-refractivity contribution in [3.05, 3.63) is 89.5 Å². The molecule has 0 bridgehead atoms. The summed E-state index contributed by atoms with van der Waals surface area (Å²) in [6.07, 6.45) is 1.11. The molecule has 1 heterocycles. The molecule has 5 nitrogen and oxygen atoms in total. The van der Waals surface area contributed by atoms with Gasteiger partial charge in [-0.05, 0) is 48.2 Å². The number of ether oxygens (including phenoxy) is 2. The van der Waals surface area contributed by atoms with E-state index in [1.807, 2.05) is 48.5 Å². The first kappa shape index (κ1) is 19.7. The van der Waals surface area contributed by atoms with E-state index in [2.05, 4.69) is 10.6 Å². The van der Waals surface area contributed by atoms with Gasteiger partial charge >= 0.3 is 6.03 Å². The predicted octanol–water partition coefficient (Wildman–Crippen LogP) is 4.67. The lowest BCUT2D eigenvalue weighted by atomic mass is 9.98. The second-order valence-corrected chi connectivity index (χ2v) is 7.00. The molecule has 0 fully saturated rings. The summed E-state index contributed by atoms with van der Waals surface area (Å²) in [6.45, 7) is 0.191. The van der Waals surface area contributed by atoms with E-state index in [0.29, 0.717) is 24.3 Å². The van der Waals surface area contributed by atoms with E-state index in [-0.39, 0.29) is 18.5 Å². The standard InChI is InChI=1S/C23H20F2N2O3/c24-17-7-8-20(19(25)13-17)27-23(28)26-18(10-15-4-2-1-3-5-15)11-16-6-9-21-22(12-16)30-14-29-21/h1-9,12-13,18H,10-11,14H2,(H2,26,27,28)/t18-/m1/s1. The molecule has 0 spiro atoms. The highest BCUT2D eigenvalue weighted by Crippen LogP contribution is 2.33. The quantitative estimate of drug-likeness (QED) is 0.621. The number of amides is 2. The Morgan fingerprint density at radius 1 is 0.900 bits per heavy atom. The number of rotatable bonds is 6. The number of anilines is 1. The smallest absolute Gasteiger partial charge is 0.319 e. The molecule has 0 saturated heterocycles. The average Bonchev–Trinajstić information content (AvgIpc) is 3.19. The molecule has 2 amide bonds. The minimum Gasteiger partial charge on any atom is -0.454 e. The number of carbonyl (C=O) groups excluding carboxylic acids is 1. The molecule has 1 atom stereocenters. The van der Waals surface area contributed by atoms with Gasteiger partial charge in [0.15, 0.2) is 11.5 Å². The number of fused-ring (bicyclic) bond motifs is 1. The largest absolute Gasteiger partial charge is 0.454 e. The van der Waals surface area contributed by atoms with Gasteiger partial charge in [0.2, 0.25) is 6.79 Å². The third-order valence-electron chi connectivity index (χ3n) is 4.76. The molecule has 7 heteroatoms. The van der Waals surface area contributed by atoms with E-state index in [0.717, 1.165) is 23.3 Å². The van der Waals surface area contributed by atoms with Crippen molar-refractivity contribution in [2.75, 3.05) is 12.1 Å². The summed E-state index contributed by atoms with van der Waals surface area (Å²) in [6, 6.07) is 17.6. The Kier molecular flexibility index (Phi) is 5.79. The van der Waals surface area contributed by atoms with Gasteiger partial charge in [-0.3, -0.25) is 0 Å². The van der Waals surface area contributed by atoms with Crippen molar-refractivity contribution >= 4 is 11.7 Å². The van der Waals surface area contributed by atoms with Crippen LogP contribution in [-0.4, -0.2) is 18.9 Å². The lowest BCUT2D eigenvalue weighted by molar-refractivity contribution is 0.174. The number of hydrogen-bond acceptors (Lipinski definition) is 3. The van der Waals surface area contributed by atoms with Crippen molar-refractivity contribution in [2.45, 2.75) is 18.9 Å². The summed E-state index contributed by atoms with van der Waals surface area (Å²) in [5.41, 5.74) is 1.93. The summed E-state index contributed by atoms with van der Waals surface area (Å²) in [4.78, 5) is 12.5. The van der Waals surface area contributed by atoms with E-state index in [1.165, 1.54) is 6.07 Å². The summed E-state index contributed by atoms with van der Waals surface area (Å²) in [7, 11) is 0. The topological polar surface area (TPSA) is 59.6 Å². The summed E-state index contributed by atoms with van der Waals surface area (Å²) in [5.74, 6) is -0.177. The molecule has 2 N–H and O–H groups in total. The number of carbonyl (C=O) groups is 1. The van der Waals surface area contributed by atoms with Gasteiger partial charge in [0, 0.05) is 12.1 Å². The zero-order valence-electron chi connectivity index (χ0n) is 16.0. The maximum atomic E-state index is 13.9. The van der Waals surface area contributed by atoms with E-state index < -0.39 is 17.7 Å². The van der Waals surface area contributed by atoms with Crippen LogP contribution >= 0.6 is 0 Å². The van der Waals surface area contributed by atoms with Crippen molar-refractivity contribution < 1.29 is 23.0 Å². The Hall–Kier alpha value is -3.61. The van der Waals surface area contributed by atoms with Gasteiger partial charge in [0.1, 0.15) is 11.6 Å². The van der Waals surface area contributed by atoms with Gasteiger partial charge in [-0.25, -0.2) is 13.6 Å².